The molecule has 1 N–H and O–H groups in total. The predicted octanol–water partition coefficient (Wildman–Crippen LogP) is 2.06. The van der Waals surface area contributed by atoms with E-state index in [9.17, 15) is 5.11 Å². The third kappa shape index (κ3) is 2.56. The molecule has 0 aromatic heterocycles. The second kappa shape index (κ2) is 5.13. The smallest absolute Gasteiger partial charge is 0.0944 e. The molecule has 0 spiro atoms. The van der Waals surface area contributed by atoms with Crippen LogP contribution in [0.4, 0.5) is 0 Å². The van der Waals surface area contributed by atoms with Crippen LogP contribution in [0.2, 0.25) is 0 Å². The Kier molecular flexibility index (Phi) is 4.11. The van der Waals surface area contributed by atoms with Crippen molar-refractivity contribution in [2.24, 2.45) is 0 Å². The SMILES string of the molecule is CCC(C(O)c1ccccc1)N(C)C. The molecule has 2 heteroatoms. The van der Waals surface area contributed by atoms with E-state index in [0.717, 1.165) is 12.0 Å². The van der Waals surface area contributed by atoms with Crippen LogP contribution in [0.5, 0.6) is 0 Å². The van der Waals surface area contributed by atoms with Gasteiger partial charge in [-0.25, -0.2) is 0 Å². The van der Waals surface area contributed by atoms with Crippen LogP contribution in [0.3, 0.4) is 0 Å². The number of hydrogen-bond donors (Lipinski definition) is 1. The van der Waals surface area contributed by atoms with Crippen LogP contribution < -0.4 is 0 Å². The molecule has 0 aliphatic heterocycles. The normalized spacial score (nSPS) is 15.5. The summed E-state index contributed by atoms with van der Waals surface area (Å²) in [4.78, 5) is 2.07. The van der Waals surface area contributed by atoms with Gasteiger partial charge in [-0.15, -0.1) is 0 Å². The molecule has 2 nitrogen and oxygen atoms in total. The molecule has 0 radical (unpaired) electrons. The number of rotatable bonds is 4. The summed E-state index contributed by atoms with van der Waals surface area (Å²) in [5, 5.41) is 10.1. The van der Waals surface area contributed by atoms with Crippen molar-refractivity contribution in [2.45, 2.75) is 25.5 Å². The van der Waals surface area contributed by atoms with Crippen molar-refractivity contribution in [3.05, 3.63) is 35.9 Å². The maximum atomic E-state index is 10.1. The molecule has 0 amide bonds. The van der Waals surface area contributed by atoms with Crippen molar-refractivity contribution < 1.29 is 5.11 Å². The maximum absolute atomic E-state index is 10.1. The monoisotopic (exact) mass is 193 g/mol. The van der Waals surface area contributed by atoms with Crippen LogP contribution in [0.25, 0.3) is 0 Å². The molecule has 78 valence electrons. The van der Waals surface area contributed by atoms with Crippen LogP contribution in [0.1, 0.15) is 25.0 Å². The lowest BCUT2D eigenvalue weighted by molar-refractivity contribution is 0.0734. The zero-order valence-corrected chi connectivity index (χ0v) is 9.14. The molecule has 0 bridgehead atoms. The van der Waals surface area contributed by atoms with Crippen LogP contribution >= 0.6 is 0 Å². The van der Waals surface area contributed by atoms with Crippen molar-refractivity contribution in [2.75, 3.05) is 14.1 Å². The molecule has 2 unspecified atom stereocenters. The van der Waals surface area contributed by atoms with Gasteiger partial charge in [-0.2, -0.15) is 0 Å². The minimum Gasteiger partial charge on any atom is -0.387 e. The van der Waals surface area contributed by atoms with Crippen molar-refractivity contribution in [3.63, 3.8) is 0 Å². The standard InChI is InChI=1S/C12H19NO/c1-4-11(13(2)3)12(14)10-8-6-5-7-9-10/h5-9,11-12,14H,4H2,1-3H3. The van der Waals surface area contributed by atoms with Gasteiger partial charge in [0.2, 0.25) is 0 Å². The summed E-state index contributed by atoms with van der Waals surface area (Å²) >= 11 is 0. The summed E-state index contributed by atoms with van der Waals surface area (Å²) < 4.78 is 0. The van der Waals surface area contributed by atoms with Gasteiger partial charge in [0.25, 0.3) is 0 Å². The quantitative estimate of drug-likeness (QED) is 0.791. The Morgan fingerprint density at radius 1 is 1.21 bits per heavy atom. The summed E-state index contributed by atoms with van der Waals surface area (Å²) in [5.74, 6) is 0. The van der Waals surface area contributed by atoms with Gasteiger partial charge in [-0.3, -0.25) is 0 Å². The average molecular weight is 193 g/mol. The van der Waals surface area contributed by atoms with Crippen LogP contribution in [-0.2, 0) is 0 Å². The average Bonchev–Trinajstić information content (AvgIpc) is 2.19. The van der Waals surface area contributed by atoms with E-state index in [1.807, 2.05) is 44.4 Å². The van der Waals surface area contributed by atoms with Crippen LogP contribution in [0, 0.1) is 0 Å². The highest BCUT2D eigenvalue weighted by atomic mass is 16.3. The third-order valence-corrected chi connectivity index (χ3v) is 2.59. The Hall–Kier alpha value is -0.860. The molecule has 0 aliphatic rings. The molecule has 0 aliphatic carbocycles. The van der Waals surface area contributed by atoms with E-state index < -0.39 is 6.10 Å². The number of nitrogens with zero attached hydrogens (tertiary/aromatic N) is 1. The molecule has 2 atom stereocenters. The minimum absolute atomic E-state index is 0.192. The van der Waals surface area contributed by atoms with E-state index in [4.69, 9.17) is 0 Å². The minimum atomic E-state index is -0.392. The highest BCUT2D eigenvalue weighted by molar-refractivity contribution is 5.18. The Bertz CT molecular complexity index is 258. The molecule has 0 saturated heterocycles. The van der Waals surface area contributed by atoms with E-state index in [0.29, 0.717) is 0 Å². The van der Waals surface area contributed by atoms with Gasteiger partial charge < -0.3 is 10.0 Å². The van der Waals surface area contributed by atoms with Crippen molar-refractivity contribution in [1.29, 1.82) is 0 Å². The van der Waals surface area contributed by atoms with Gasteiger partial charge in [0, 0.05) is 6.04 Å². The summed E-state index contributed by atoms with van der Waals surface area (Å²) in [5.41, 5.74) is 0.994. The van der Waals surface area contributed by atoms with E-state index in [1.54, 1.807) is 0 Å². The predicted molar refractivity (Wildman–Crippen MR) is 59.2 cm³/mol. The number of aliphatic hydroxyl groups excluding tert-OH is 1. The van der Waals surface area contributed by atoms with Gasteiger partial charge in [-0.05, 0) is 26.1 Å². The molecule has 1 aromatic carbocycles. The fourth-order valence-corrected chi connectivity index (χ4v) is 1.74. The molecular formula is C12H19NO. The van der Waals surface area contributed by atoms with E-state index in [1.165, 1.54) is 0 Å². The summed E-state index contributed by atoms with van der Waals surface area (Å²) in [6, 6.07) is 10.0. The molecule has 0 heterocycles. The largest absolute Gasteiger partial charge is 0.387 e. The Morgan fingerprint density at radius 2 is 1.79 bits per heavy atom. The number of benzene rings is 1. The first-order chi connectivity index (χ1) is 6.66. The highest BCUT2D eigenvalue weighted by Gasteiger charge is 2.20. The lowest BCUT2D eigenvalue weighted by Crippen LogP contribution is -2.33. The van der Waals surface area contributed by atoms with E-state index in [-0.39, 0.29) is 6.04 Å². The molecular weight excluding hydrogens is 174 g/mol. The van der Waals surface area contributed by atoms with Gasteiger partial charge >= 0.3 is 0 Å². The second-order valence-corrected chi connectivity index (χ2v) is 3.79. The first-order valence-corrected chi connectivity index (χ1v) is 5.06. The second-order valence-electron chi connectivity index (χ2n) is 3.79. The molecule has 0 saturated carbocycles. The zero-order valence-electron chi connectivity index (χ0n) is 9.14. The number of likely N-dealkylation sites (N-methyl/N-ethyl adjacent to an activating group) is 1. The maximum Gasteiger partial charge on any atom is 0.0944 e. The molecule has 1 aromatic rings. The van der Waals surface area contributed by atoms with Crippen molar-refractivity contribution >= 4 is 0 Å². The lowest BCUT2D eigenvalue weighted by atomic mass is 10.00. The van der Waals surface area contributed by atoms with Crippen molar-refractivity contribution in [3.8, 4) is 0 Å². The third-order valence-electron chi connectivity index (χ3n) is 2.59. The fraction of sp³-hybridized carbons (Fsp3) is 0.500. The highest BCUT2D eigenvalue weighted by Crippen LogP contribution is 2.21. The fourth-order valence-electron chi connectivity index (χ4n) is 1.74. The summed E-state index contributed by atoms with van der Waals surface area (Å²) in [7, 11) is 4.00. The topological polar surface area (TPSA) is 23.5 Å². The zero-order chi connectivity index (χ0) is 10.6. The van der Waals surface area contributed by atoms with Crippen LogP contribution in [-0.4, -0.2) is 30.1 Å². The van der Waals surface area contributed by atoms with Crippen LogP contribution in [0.15, 0.2) is 30.3 Å². The number of aliphatic hydroxyl groups is 1. The van der Waals surface area contributed by atoms with Gasteiger partial charge in [0.05, 0.1) is 6.10 Å². The van der Waals surface area contributed by atoms with E-state index >= 15 is 0 Å². The Morgan fingerprint density at radius 3 is 2.21 bits per heavy atom. The van der Waals surface area contributed by atoms with Gasteiger partial charge in [0.1, 0.15) is 0 Å². The summed E-state index contributed by atoms with van der Waals surface area (Å²) in [6.07, 6.45) is 0.555. The van der Waals surface area contributed by atoms with Crippen molar-refractivity contribution in [1.82, 2.24) is 4.90 Å². The van der Waals surface area contributed by atoms with Gasteiger partial charge in [0.15, 0.2) is 0 Å². The molecule has 1 rings (SSSR count). The number of hydrogen-bond acceptors (Lipinski definition) is 2. The lowest BCUT2D eigenvalue weighted by Gasteiger charge is -2.28. The first kappa shape index (κ1) is 11.2. The van der Waals surface area contributed by atoms with E-state index in [2.05, 4.69) is 11.8 Å². The first-order valence-electron chi connectivity index (χ1n) is 5.06. The molecule has 0 fully saturated rings. The Balaban J connectivity index is 2.78. The Labute approximate surface area is 86.2 Å². The summed E-state index contributed by atoms with van der Waals surface area (Å²) in [6.45, 7) is 2.09. The molecule has 14 heavy (non-hydrogen) atoms. The van der Waals surface area contributed by atoms with Gasteiger partial charge in [-0.1, -0.05) is 37.3 Å².